The molecular weight excluding hydrogens is 424 g/mol. The van der Waals surface area contributed by atoms with Gasteiger partial charge in [-0.15, -0.1) is 0 Å². The summed E-state index contributed by atoms with van der Waals surface area (Å²) in [4.78, 5) is 12.9. The third kappa shape index (κ3) is 4.98. The van der Waals surface area contributed by atoms with Crippen molar-refractivity contribution in [1.29, 1.82) is 0 Å². The van der Waals surface area contributed by atoms with E-state index >= 15 is 0 Å². The number of carbonyl (C=O) groups excluding carboxylic acids is 1. The second-order valence-corrected chi connectivity index (χ2v) is 8.70. The average Bonchev–Trinajstić information content (AvgIpc) is 2.73. The molecule has 2 atom stereocenters. The summed E-state index contributed by atoms with van der Waals surface area (Å²) in [6, 6.07) is 3.82. The fourth-order valence-electron chi connectivity index (χ4n) is 3.78. The van der Waals surface area contributed by atoms with Gasteiger partial charge in [0.2, 0.25) is 5.78 Å². The Morgan fingerprint density at radius 2 is 1.64 bits per heavy atom. The van der Waals surface area contributed by atoms with Crippen LogP contribution in [0, 0.1) is 6.92 Å². The van der Waals surface area contributed by atoms with Crippen molar-refractivity contribution < 1.29 is 35.1 Å². The molecule has 33 heavy (non-hydrogen) atoms. The van der Waals surface area contributed by atoms with Gasteiger partial charge in [-0.2, -0.15) is 0 Å². The minimum absolute atomic E-state index is 0.0853. The van der Waals surface area contributed by atoms with Gasteiger partial charge < -0.3 is 30.3 Å². The summed E-state index contributed by atoms with van der Waals surface area (Å²) in [7, 11) is 0. The van der Waals surface area contributed by atoms with Gasteiger partial charge in [-0.1, -0.05) is 23.3 Å². The quantitative estimate of drug-likeness (QED) is 0.399. The van der Waals surface area contributed by atoms with Crippen LogP contribution in [0.5, 0.6) is 28.7 Å². The van der Waals surface area contributed by atoms with Gasteiger partial charge in [0.25, 0.3) is 0 Å². The number of aromatic hydroxyl groups is 4. The Hall–Kier alpha value is -3.45. The highest BCUT2D eigenvalue weighted by atomic mass is 16.5. The molecule has 0 saturated heterocycles. The smallest absolute Gasteiger partial charge is 0.202 e. The molecule has 1 aliphatic heterocycles. The number of carbonyl (C=O) groups is 1. The van der Waals surface area contributed by atoms with Crippen molar-refractivity contribution in [3.8, 4) is 28.7 Å². The third-order valence-electron chi connectivity index (χ3n) is 5.85. The van der Waals surface area contributed by atoms with E-state index < -0.39 is 23.7 Å². The number of ketones is 1. The van der Waals surface area contributed by atoms with Gasteiger partial charge in [-0.05, 0) is 59.1 Å². The van der Waals surface area contributed by atoms with Gasteiger partial charge in [0.05, 0.1) is 0 Å². The highest BCUT2D eigenvalue weighted by Crippen LogP contribution is 2.45. The molecule has 7 heteroatoms. The highest BCUT2D eigenvalue weighted by Gasteiger charge is 2.40. The number of phenols is 4. The topological polar surface area (TPSA) is 127 Å². The molecule has 0 radical (unpaired) electrons. The Kier molecular flexibility index (Phi) is 7.03. The Labute approximate surface area is 192 Å². The summed E-state index contributed by atoms with van der Waals surface area (Å²) in [5.41, 5.74) is 2.70. The van der Waals surface area contributed by atoms with Gasteiger partial charge in [-0.3, -0.25) is 4.79 Å². The fraction of sp³-hybridized carbons (Fsp3) is 0.346. The zero-order valence-electron chi connectivity index (χ0n) is 19.2. The molecule has 0 amide bonds. The molecule has 3 rings (SSSR count). The third-order valence-corrected chi connectivity index (χ3v) is 5.85. The Balaban J connectivity index is 1.92. The maximum absolute atomic E-state index is 12.9. The summed E-state index contributed by atoms with van der Waals surface area (Å²) < 4.78 is 5.73. The van der Waals surface area contributed by atoms with E-state index in [-0.39, 0.29) is 51.7 Å². The Morgan fingerprint density at radius 1 is 1.00 bits per heavy atom. The van der Waals surface area contributed by atoms with Gasteiger partial charge >= 0.3 is 0 Å². The number of hydrogen-bond donors (Lipinski definition) is 5. The maximum Gasteiger partial charge on any atom is 0.202 e. The zero-order chi connectivity index (χ0) is 24.4. The predicted octanol–water partition coefficient (Wildman–Crippen LogP) is 4.73. The Bertz CT molecular complexity index is 1120. The van der Waals surface area contributed by atoms with Crippen LogP contribution < -0.4 is 4.74 Å². The Morgan fingerprint density at radius 3 is 2.24 bits per heavy atom. The molecule has 2 aromatic carbocycles. The van der Waals surface area contributed by atoms with Crippen LogP contribution in [0.1, 0.15) is 66.8 Å². The molecule has 5 N–H and O–H groups in total. The SMILES string of the molecule is CC(C)=CCC/C(C)=C/Cc1c(O)cc2c(c1O)C(=O)[C@H](O)C(c1cc(O)c(C)c(O)c1)O2. The number of ether oxygens (including phenoxy) is 1. The lowest BCUT2D eigenvalue weighted by Gasteiger charge is -2.31. The highest BCUT2D eigenvalue weighted by molar-refractivity contribution is 6.06. The number of phenolic OH excluding ortho intramolecular Hbond substituents is 4. The molecule has 7 nitrogen and oxygen atoms in total. The van der Waals surface area contributed by atoms with Gasteiger partial charge in [0.1, 0.15) is 34.3 Å². The van der Waals surface area contributed by atoms with Crippen molar-refractivity contribution in [3.05, 3.63) is 63.8 Å². The first-order valence-corrected chi connectivity index (χ1v) is 10.8. The van der Waals surface area contributed by atoms with Gasteiger partial charge in [-0.25, -0.2) is 0 Å². The second-order valence-electron chi connectivity index (χ2n) is 8.70. The van der Waals surface area contributed by atoms with Gasteiger partial charge in [0, 0.05) is 22.8 Å². The van der Waals surface area contributed by atoms with Crippen molar-refractivity contribution in [1.82, 2.24) is 0 Å². The molecule has 1 heterocycles. The molecule has 0 aromatic heterocycles. The minimum Gasteiger partial charge on any atom is -0.508 e. The molecule has 1 unspecified atom stereocenters. The van der Waals surface area contributed by atoms with Gasteiger partial charge in [0.15, 0.2) is 12.2 Å². The van der Waals surface area contributed by atoms with E-state index in [0.717, 1.165) is 18.4 Å². The molecular formula is C26H30O7. The lowest BCUT2D eigenvalue weighted by atomic mass is 9.90. The van der Waals surface area contributed by atoms with Crippen molar-refractivity contribution >= 4 is 5.78 Å². The molecule has 0 aliphatic carbocycles. The minimum atomic E-state index is -1.68. The number of aliphatic hydroxyl groups excluding tert-OH is 1. The molecule has 176 valence electrons. The molecule has 0 bridgehead atoms. The molecule has 0 spiro atoms. The van der Waals surface area contributed by atoms with Crippen molar-refractivity contribution in [3.63, 3.8) is 0 Å². The van der Waals surface area contributed by atoms with E-state index in [2.05, 4.69) is 6.08 Å². The summed E-state index contributed by atoms with van der Waals surface area (Å²) in [5, 5.41) is 51.9. The van der Waals surface area contributed by atoms with Crippen LogP contribution in [-0.2, 0) is 6.42 Å². The van der Waals surface area contributed by atoms with Crippen LogP contribution >= 0.6 is 0 Å². The van der Waals surface area contributed by atoms with Crippen molar-refractivity contribution in [2.45, 2.75) is 59.2 Å². The average molecular weight is 455 g/mol. The van der Waals surface area contributed by atoms with Crippen LogP contribution in [0.15, 0.2) is 41.5 Å². The first kappa shape index (κ1) is 24.2. The van der Waals surface area contributed by atoms with E-state index in [1.807, 2.05) is 26.8 Å². The lowest BCUT2D eigenvalue weighted by molar-refractivity contribution is 0.0209. The van der Waals surface area contributed by atoms with Crippen LogP contribution in [0.25, 0.3) is 0 Å². The summed E-state index contributed by atoms with van der Waals surface area (Å²) >= 11 is 0. The van der Waals surface area contributed by atoms with E-state index in [9.17, 15) is 30.3 Å². The maximum atomic E-state index is 12.9. The van der Waals surface area contributed by atoms with E-state index in [1.54, 1.807) is 0 Å². The monoisotopic (exact) mass is 454 g/mol. The standard InChI is InChI=1S/C26H30O7/c1-13(2)6-5-7-14(3)8-9-17-20(29)12-21-22(23(17)30)24(31)25(32)26(33-21)16-10-18(27)15(4)19(28)11-16/h6,8,10-12,25-30,32H,5,7,9H2,1-4H3/b14-8+/t25-,26?/m0/s1. The van der Waals surface area contributed by atoms with Crippen molar-refractivity contribution in [2.75, 3.05) is 0 Å². The summed E-state index contributed by atoms with van der Waals surface area (Å²) in [5.74, 6) is -1.96. The number of rotatable bonds is 6. The number of benzene rings is 2. The fourth-order valence-corrected chi connectivity index (χ4v) is 3.78. The number of aliphatic hydroxyl groups is 1. The predicted molar refractivity (Wildman–Crippen MR) is 124 cm³/mol. The number of fused-ring (bicyclic) bond motifs is 1. The number of allylic oxidation sites excluding steroid dienone is 4. The number of hydrogen-bond acceptors (Lipinski definition) is 7. The summed E-state index contributed by atoms with van der Waals surface area (Å²) in [6.45, 7) is 7.54. The van der Waals surface area contributed by atoms with Crippen LogP contribution in [0.3, 0.4) is 0 Å². The lowest BCUT2D eigenvalue weighted by Crippen LogP contribution is -2.36. The van der Waals surface area contributed by atoms with E-state index in [1.165, 1.54) is 30.7 Å². The normalized spacial score (nSPS) is 18.0. The van der Waals surface area contributed by atoms with Crippen LogP contribution in [0.4, 0.5) is 0 Å². The first-order valence-electron chi connectivity index (χ1n) is 10.8. The van der Waals surface area contributed by atoms with E-state index in [4.69, 9.17) is 4.74 Å². The molecule has 0 saturated carbocycles. The number of Topliss-reactive ketones (excluding diaryl/α,β-unsaturated/α-hetero) is 1. The summed E-state index contributed by atoms with van der Waals surface area (Å²) in [6.07, 6.45) is 3.02. The first-order chi connectivity index (χ1) is 15.5. The second kappa shape index (κ2) is 9.58. The molecule has 2 aromatic rings. The zero-order valence-corrected chi connectivity index (χ0v) is 19.2. The van der Waals surface area contributed by atoms with Crippen LogP contribution in [-0.4, -0.2) is 37.4 Å². The molecule has 0 fully saturated rings. The van der Waals surface area contributed by atoms with E-state index in [0.29, 0.717) is 0 Å². The largest absolute Gasteiger partial charge is 0.508 e. The van der Waals surface area contributed by atoms with Crippen molar-refractivity contribution in [2.24, 2.45) is 0 Å². The molecule has 1 aliphatic rings. The van der Waals surface area contributed by atoms with Crippen LogP contribution in [0.2, 0.25) is 0 Å².